The van der Waals surface area contributed by atoms with Crippen LogP contribution in [0.5, 0.6) is 0 Å². The minimum absolute atomic E-state index is 0.0843. The van der Waals surface area contributed by atoms with Crippen molar-refractivity contribution in [3.63, 3.8) is 0 Å². The van der Waals surface area contributed by atoms with Gasteiger partial charge in [0.15, 0.2) is 0 Å². The topological polar surface area (TPSA) is 57.6 Å². The number of nitrogens with zero attached hydrogens (tertiary/aromatic N) is 1. The van der Waals surface area contributed by atoms with Gasteiger partial charge < -0.3 is 10.0 Å². The lowest BCUT2D eigenvalue weighted by Crippen LogP contribution is -2.32. The van der Waals surface area contributed by atoms with E-state index in [1.165, 1.54) is 18.0 Å². The summed E-state index contributed by atoms with van der Waals surface area (Å²) in [5, 5.41) is 8.78. The highest BCUT2D eigenvalue weighted by atomic mass is 19.1. The van der Waals surface area contributed by atoms with Crippen LogP contribution in [0.3, 0.4) is 0 Å². The fraction of sp³-hybridized carbons (Fsp3) is 0.273. The van der Waals surface area contributed by atoms with Crippen molar-refractivity contribution in [2.45, 2.75) is 12.8 Å². The molecule has 0 radical (unpaired) electrons. The molecule has 84 valence electrons. The summed E-state index contributed by atoms with van der Waals surface area (Å²) in [4.78, 5) is 23.3. The maximum atomic E-state index is 13.7. The van der Waals surface area contributed by atoms with Crippen LogP contribution in [0.1, 0.15) is 22.3 Å². The number of carbonyl (C=O) groups is 2. The van der Waals surface area contributed by atoms with Crippen molar-refractivity contribution in [3.05, 3.63) is 29.1 Å². The summed E-state index contributed by atoms with van der Waals surface area (Å²) in [5.74, 6) is -1.99. The second kappa shape index (κ2) is 3.59. The molecule has 0 bridgehead atoms. The van der Waals surface area contributed by atoms with E-state index in [1.807, 2.05) is 0 Å². The first-order chi connectivity index (χ1) is 7.50. The number of benzene rings is 1. The third-order valence-electron chi connectivity index (χ3n) is 2.71. The second-order valence-electron chi connectivity index (χ2n) is 3.72. The molecule has 0 unspecified atom stereocenters. The average molecular weight is 223 g/mol. The number of aryl methyl sites for hydroxylation is 1. The Morgan fingerprint density at radius 3 is 2.75 bits per heavy atom. The molecule has 2 rings (SSSR count). The standard InChI is InChI=1S/C11H10FNO3/c1-13-9(14)3-2-6-4-7(11(15)16)5-8(12)10(6)13/h4-5H,2-3H2,1H3,(H,15,16). The van der Waals surface area contributed by atoms with E-state index in [-0.39, 0.29) is 23.6 Å². The van der Waals surface area contributed by atoms with E-state index in [1.54, 1.807) is 0 Å². The summed E-state index contributed by atoms with van der Waals surface area (Å²) >= 11 is 0. The van der Waals surface area contributed by atoms with Crippen molar-refractivity contribution >= 4 is 17.6 Å². The van der Waals surface area contributed by atoms with Crippen LogP contribution in [-0.2, 0) is 11.2 Å². The van der Waals surface area contributed by atoms with Gasteiger partial charge in [0.25, 0.3) is 0 Å². The number of rotatable bonds is 1. The molecule has 4 nitrogen and oxygen atoms in total. The Hall–Kier alpha value is -1.91. The van der Waals surface area contributed by atoms with Crippen molar-refractivity contribution in [2.75, 3.05) is 11.9 Å². The predicted molar refractivity (Wildman–Crippen MR) is 55.1 cm³/mol. The van der Waals surface area contributed by atoms with Gasteiger partial charge in [-0.1, -0.05) is 0 Å². The molecule has 0 fully saturated rings. The second-order valence-corrected chi connectivity index (χ2v) is 3.72. The van der Waals surface area contributed by atoms with E-state index < -0.39 is 11.8 Å². The van der Waals surface area contributed by atoms with Crippen LogP contribution < -0.4 is 4.90 Å². The van der Waals surface area contributed by atoms with Crippen LogP contribution in [0.15, 0.2) is 12.1 Å². The van der Waals surface area contributed by atoms with Gasteiger partial charge in [-0.25, -0.2) is 9.18 Å². The summed E-state index contributed by atoms with van der Waals surface area (Å²) in [6.07, 6.45) is 0.669. The van der Waals surface area contributed by atoms with Crippen molar-refractivity contribution in [1.82, 2.24) is 0 Å². The third-order valence-corrected chi connectivity index (χ3v) is 2.71. The summed E-state index contributed by atoms with van der Waals surface area (Å²) in [5.41, 5.74) is 0.680. The van der Waals surface area contributed by atoms with E-state index in [0.29, 0.717) is 12.0 Å². The van der Waals surface area contributed by atoms with E-state index in [0.717, 1.165) is 6.07 Å². The fourth-order valence-electron chi connectivity index (χ4n) is 1.88. The molecule has 0 aromatic heterocycles. The lowest BCUT2D eigenvalue weighted by Gasteiger charge is -2.26. The molecule has 1 aromatic carbocycles. The fourth-order valence-corrected chi connectivity index (χ4v) is 1.88. The smallest absolute Gasteiger partial charge is 0.335 e. The quantitative estimate of drug-likeness (QED) is 0.783. The normalized spacial score (nSPS) is 14.9. The van der Waals surface area contributed by atoms with Crippen LogP contribution in [0.2, 0.25) is 0 Å². The Morgan fingerprint density at radius 1 is 1.44 bits per heavy atom. The highest BCUT2D eigenvalue weighted by Gasteiger charge is 2.25. The molecule has 0 saturated heterocycles. The van der Waals surface area contributed by atoms with Crippen LogP contribution in [0.4, 0.5) is 10.1 Å². The molecule has 1 aliphatic heterocycles. The van der Waals surface area contributed by atoms with Gasteiger partial charge in [0.1, 0.15) is 5.82 Å². The van der Waals surface area contributed by atoms with Crippen molar-refractivity contribution < 1.29 is 19.1 Å². The molecule has 1 amide bonds. The maximum absolute atomic E-state index is 13.7. The highest BCUT2D eigenvalue weighted by Crippen LogP contribution is 2.30. The predicted octanol–water partition coefficient (Wildman–Crippen LogP) is 1.43. The number of carboxylic acid groups (broad SMARTS) is 1. The summed E-state index contributed by atoms with van der Waals surface area (Å²) in [6, 6.07) is 2.36. The van der Waals surface area contributed by atoms with Gasteiger partial charge >= 0.3 is 5.97 Å². The van der Waals surface area contributed by atoms with Crippen LogP contribution in [0.25, 0.3) is 0 Å². The zero-order valence-corrected chi connectivity index (χ0v) is 8.66. The van der Waals surface area contributed by atoms with Gasteiger partial charge in [-0.05, 0) is 24.1 Å². The summed E-state index contributed by atoms with van der Waals surface area (Å²) < 4.78 is 13.7. The number of carboxylic acids is 1. The van der Waals surface area contributed by atoms with Gasteiger partial charge in [0.2, 0.25) is 5.91 Å². The summed E-state index contributed by atoms with van der Waals surface area (Å²) in [7, 11) is 1.49. The Balaban J connectivity index is 2.58. The van der Waals surface area contributed by atoms with Gasteiger partial charge in [-0.3, -0.25) is 4.79 Å². The number of anilines is 1. The van der Waals surface area contributed by atoms with Crippen LogP contribution >= 0.6 is 0 Å². The molecule has 1 aromatic rings. The Bertz CT molecular complexity index is 484. The molecule has 5 heteroatoms. The molecule has 16 heavy (non-hydrogen) atoms. The first kappa shape index (κ1) is 10.6. The van der Waals surface area contributed by atoms with Gasteiger partial charge in [0, 0.05) is 13.5 Å². The molecular weight excluding hydrogens is 213 g/mol. The molecule has 0 spiro atoms. The molecule has 0 aliphatic carbocycles. The minimum atomic E-state index is -1.17. The molecule has 0 atom stereocenters. The number of hydrogen-bond donors (Lipinski definition) is 1. The number of amides is 1. The van der Waals surface area contributed by atoms with Gasteiger partial charge in [-0.2, -0.15) is 0 Å². The first-order valence-electron chi connectivity index (χ1n) is 4.83. The number of fused-ring (bicyclic) bond motifs is 1. The molecule has 0 saturated carbocycles. The van der Waals surface area contributed by atoms with Crippen LogP contribution in [-0.4, -0.2) is 24.0 Å². The van der Waals surface area contributed by atoms with E-state index in [2.05, 4.69) is 0 Å². The van der Waals surface area contributed by atoms with E-state index in [4.69, 9.17) is 5.11 Å². The molecular formula is C11H10FNO3. The Morgan fingerprint density at radius 2 is 2.12 bits per heavy atom. The number of aromatic carboxylic acids is 1. The number of halogens is 1. The van der Waals surface area contributed by atoms with Gasteiger partial charge in [0.05, 0.1) is 11.3 Å². The highest BCUT2D eigenvalue weighted by molar-refractivity contribution is 5.97. The average Bonchev–Trinajstić information content (AvgIpc) is 2.22. The van der Waals surface area contributed by atoms with Gasteiger partial charge in [-0.15, -0.1) is 0 Å². The number of hydrogen-bond acceptors (Lipinski definition) is 2. The van der Waals surface area contributed by atoms with Crippen LogP contribution in [0, 0.1) is 5.82 Å². The van der Waals surface area contributed by atoms with Crippen molar-refractivity contribution in [2.24, 2.45) is 0 Å². The van der Waals surface area contributed by atoms with Crippen molar-refractivity contribution in [3.8, 4) is 0 Å². The molecule has 1 N–H and O–H groups in total. The number of carbonyl (C=O) groups excluding carboxylic acids is 1. The monoisotopic (exact) mass is 223 g/mol. The lowest BCUT2D eigenvalue weighted by atomic mass is 9.98. The maximum Gasteiger partial charge on any atom is 0.335 e. The zero-order chi connectivity index (χ0) is 11.9. The molecule has 1 heterocycles. The SMILES string of the molecule is CN1C(=O)CCc2cc(C(=O)O)cc(F)c21. The first-order valence-corrected chi connectivity index (χ1v) is 4.83. The van der Waals surface area contributed by atoms with E-state index >= 15 is 0 Å². The Labute approximate surface area is 91.3 Å². The zero-order valence-electron chi connectivity index (χ0n) is 8.66. The van der Waals surface area contributed by atoms with Crippen molar-refractivity contribution in [1.29, 1.82) is 0 Å². The Kier molecular flexibility index (Phi) is 2.38. The molecule has 1 aliphatic rings. The van der Waals surface area contributed by atoms with E-state index in [9.17, 15) is 14.0 Å². The largest absolute Gasteiger partial charge is 0.478 e. The lowest BCUT2D eigenvalue weighted by molar-refractivity contribution is -0.118. The summed E-state index contributed by atoms with van der Waals surface area (Å²) in [6.45, 7) is 0. The third kappa shape index (κ3) is 1.54. The minimum Gasteiger partial charge on any atom is -0.478 e.